The highest BCUT2D eigenvalue weighted by Crippen LogP contribution is 2.22. The van der Waals surface area contributed by atoms with Crippen LogP contribution in [0.3, 0.4) is 0 Å². The van der Waals surface area contributed by atoms with Gasteiger partial charge in [-0.1, -0.05) is 47.6 Å². The van der Waals surface area contributed by atoms with E-state index in [1.807, 2.05) is 18.2 Å². The molecule has 27 heavy (non-hydrogen) atoms. The van der Waals surface area contributed by atoms with Crippen molar-refractivity contribution in [2.75, 3.05) is 26.2 Å². The lowest BCUT2D eigenvalue weighted by atomic mass is 9.98. The first-order valence-corrected chi connectivity index (χ1v) is 9.41. The van der Waals surface area contributed by atoms with Crippen LogP contribution in [0.15, 0.2) is 47.6 Å². The molecule has 140 valence electrons. The van der Waals surface area contributed by atoms with Gasteiger partial charge in [0.05, 0.1) is 5.71 Å². The fraction of sp³-hybridized carbons (Fsp3) is 0.381. The summed E-state index contributed by atoms with van der Waals surface area (Å²) in [6.07, 6.45) is 2.31. The van der Waals surface area contributed by atoms with Gasteiger partial charge in [0.1, 0.15) is 0 Å². The quantitative estimate of drug-likeness (QED) is 0.781. The fourth-order valence-electron chi connectivity index (χ4n) is 3.80. The first-order valence-electron chi connectivity index (χ1n) is 9.41. The van der Waals surface area contributed by atoms with Crippen molar-refractivity contribution in [2.24, 2.45) is 5.16 Å². The minimum atomic E-state index is -0.544. The van der Waals surface area contributed by atoms with Gasteiger partial charge in [0.25, 0.3) is 5.91 Å². The van der Waals surface area contributed by atoms with Gasteiger partial charge in [-0.2, -0.15) is 0 Å². The SMILES string of the molecule is O=CN1CCCN(C(=O)[C@@H]2CC(Cc3cccc4ccccc34)=NO2)CC1. The third kappa shape index (κ3) is 3.79. The predicted molar refractivity (Wildman–Crippen MR) is 103 cm³/mol. The Morgan fingerprint density at radius 2 is 1.96 bits per heavy atom. The number of carbonyl (C=O) groups excluding carboxylic acids is 2. The zero-order valence-corrected chi connectivity index (χ0v) is 15.2. The molecule has 0 radical (unpaired) electrons. The van der Waals surface area contributed by atoms with Crippen LogP contribution in [0.25, 0.3) is 10.8 Å². The Bertz CT molecular complexity index is 875. The van der Waals surface area contributed by atoms with Gasteiger partial charge in [-0.25, -0.2) is 0 Å². The van der Waals surface area contributed by atoms with Crippen molar-refractivity contribution in [1.29, 1.82) is 0 Å². The zero-order chi connectivity index (χ0) is 18.6. The summed E-state index contributed by atoms with van der Waals surface area (Å²) in [6, 6.07) is 14.5. The maximum absolute atomic E-state index is 12.8. The second-order valence-electron chi connectivity index (χ2n) is 7.09. The second-order valence-corrected chi connectivity index (χ2v) is 7.09. The number of oxime groups is 1. The zero-order valence-electron chi connectivity index (χ0n) is 15.2. The average Bonchev–Trinajstić information content (AvgIpc) is 3.03. The molecule has 4 rings (SSSR count). The van der Waals surface area contributed by atoms with E-state index in [0.717, 1.165) is 18.5 Å². The molecule has 2 aliphatic rings. The Morgan fingerprint density at radius 3 is 2.85 bits per heavy atom. The summed E-state index contributed by atoms with van der Waals surface area (Å²) < 4.78 is 0. The van der Waals surface area contributed by atoms with E-state index >= 15 is 0 Å². The molecule has 2 aliphatic heterocycles. The third-order valence-corrected chi connectivity index (χ3v) is 5.27. The molecule has 0 aliphatic carbocycles. The molecule has 2 heterocycles. The first-order chi connectivity index (χ1) is 13.2. The number of rotatable bonds is 4. The van der Waals surface area contributed by atoms with Crippen LogP contribution >= 0.6 is 0 Å². The van der Waals surface area contributed by atoms with Crippen molar-refractivity contribution in [3.05, 3.63) is 48.0 Å². The molecule has 1 saturated heterocycles. The standard InChI is InChI=1S/C21H23N3O3/c25-15-23-9-4-10-24(12-11-23)21(26)20-14-18(22-27-20)13-17-7-3-6-16-5-1-2-8-19(16)17/h1-3,5-8,15,20H,4,9-14H2/t20-/m0/s1. The predicted octanol–water partition coefficient (Wildman–Crippen LogP) is 2.22. The molecule has 6 nitrogen and oxygen atoms in total. The van der Waals surface area contributed by atoms with E-state index in [4.69, 9.17) is 4.84 Å². The van der Waals surface area contributed by atoms with Crippen LogP contribution in [0.5, 0.6) is 0 Å². The highest BCUT2D eigenvalue weighted by atomic mass is 16.6. The van der Waals surface area contributed by atoms with Gasteiger partial charge in [0.15, 0.2) is 0 Å². The van der Waals surface area contributed by atoms with Gasteiger partial charge in [-0.05, 0) is 22.8 Å². The van der Waals surface area contributed by atoms with E-state index in [0.29, 0.717) is 39.0 Å². The summed E-state index contributed by atoms with van der Waals surface area (Å²) in [5.74, 6) is -0.0283. The van der Waals surface area contributed by atoms with Gasteiger partial charge in [0, 0.05) is 39.0 Å². The lowest BCUT2D eigenvalue weighted by Crippen LogP contribution is -2.41. The Kier molecular flexibility index (Phi) is 5.05. The molecule has 0 unspecified atom stereocenters. The summed E-state index contributed by atoms with van der Waals surface area (Å²) in [5, 5.41) is 6.60. The van der Waals surface area contributed by atoms with Crippen LogP contribution in [-0.2, 0) is 20.8 Å². The molecule has 0 saturated carbocycles. The topological polar surface area (TPSA) is 62.2 Å². The molecule has 0 bridgehead atoms. The largest absolute Gasteiger partial charge is 0.382 e. The number of carbonyl (C=O) groups is 2. The number of hydrogen-bond donors (Lipinski definition) is 0. The Morgan fingerprint density at radius 1 is 1.11 bits per heavy atom. The van der Waals surface area contributed by atoms with E-state index in [9.17, 15) is 9.59 Å². The highest BCUT2D eigenvalue weighted by molar-refractivity contribution is 5.96. The van der Waals surface area contributed by atoms with Crippen molar-refractivity contribution in [3.63, 3.8) is 0 Å². The van der Waals surface area contributed by atoms with Crippen molar-refractivity contribution in [2.45, 2.75) is 25.4 Å². The lowest BCUT2D eigenvalue weighted by Gasteiger charge is -2.22. The molecular weight excluding hydrogens is 342 g/mol. The number of hydrogen-bond acceptors (Lipinski definition) is 4. The molecule has 2 aromatic rings. The summed E-state index contributed by atoms with van der Waals surface area (Å²) >= 11 is 0. The van der Waals surface area contributed by atoms with Crippen LogP contribution in [0.1, 0.15) is 18.4 Å². The molecule has 1 fully saturated rings. The maximum Gasteiger partial charge on any atom is 0.266 e. The summed E-state index contributed by atoms with van der Waals surface area (Å²) in [7, 11) is 0. The third-order valence-electron chi connectivity index (χ3n) is 5.27. The normalized spacial score (nSPS) is 20.1. The minimum Gasteiger partial charge on any atom is -0.382 e. The van der Waals surface area contributed by atoms with Gasteiger partial charge in [0.2, 0.25) is 12.5 Å². The van der Waals surface area contributed by atoms with Gasteiger partial charge < -0.3 is 14.6 Å². The summed E-state index contributed by atoms with van der Waals surface area (Å²) in [5.41, 5.74) is 2.09. The average molecular weight is 365 g/mol. The second kappa shape index (κ2) is 7.78. The van der Waals surface area contributed by atoms with Crippen molar-refractivity contribution in [1.82, 2.24) is 9.80 Å². The number of fused-ring (bicyclic) bond motifs is 1. The summed E-state index contributed by atoms with van der Waals surface area (Å²) in [6.45, 7) is 2.48. The van der Waals surface area contributed by atoms with Crippen LogP contribution < -0.4 is 0 Å². The van der Waals surface area contributed by atoms with Gasteiger partial charge in [-0.15, -0.1) is 0 Å². The van der Waals surface area contributed by atoms with Crippen LogP contribution in [0, 0.1) is 0 Å². The van der Waals surface area contributed by atoms with Crippen LogP contribution in [-0.4, -0.2) is 60.1 Å². The monoisotopic (exact) mass is 365 g/mol. The minimum absolute atomic E-state index is 0.0283. The molecule has 2 amide bonds. The number of nitrogens with zero attached hydrogens (tertiary/aromatic N) is 3. The van der Waals surface area contributed by atoms with E-state index in [1.165, 1.54) is 16.3 Å². The van der Waals surface area contributed by atoms with Crippen LogP contribution in [0.2, 0.25) is 0 Å². The number of benzene rings is 2. The maximum atomic E-state index is 12.8. The molecule has 1 atom stereocenters. The summed E-state index contributed by atoms with van der Waals surface area (Å²) in [4.78, 5) is 32.7. The van der Waals surface area contributed by atoms with Crippen molar-refractivity contribution < 1.29 is 14.4 Å². The van der Waals surface area contributed by atoms with Crippen LogP contribution in [0.4, 0.5) is 0 Å². The number of amides is 2. The Hall–Kier alpha value is -2.89. The van der Waals surface area contributed by atoms with Gasteiger partial charge >= 0.3 is 0 Å². The molecular formula is C21H23N3O3. The molecule has 0 N–H and O–H groups in total. The Balaban J connectivity index is 1.39. The first kappa shape index (κ1) is 17.5. The van der Waals surface area contributed by atoms with Crippen molar-refractivity contribution >= 4 is 28.8 Å². The van der Waals surface area contributed by atoms with Crippen molar-refractivity contribution in [3.8, 4) is 0 Å². The fourth-order valence-corrected chi connectivity index (χ4v) is 3.80. The van der Waals surface area contributed by atoms with E-state index in [2.05, 4.69) is 29.4 Å². The van der Waals surface area contributed by atoms with E-state index in [1.54, 1.807) is 9.80 Å². The molecule has 6 heteroatoms. The smallest absolute Gasteiger partial charge is 0.266 e. The lowest BCUT2D eigenvalue weighted by molar-refractivity contribution is -0.142. The van der Waals surface area contributed by atoms with Gasteiger partial charge in [-0.3, -0.25) is 9.59 Å². The van der Waals surface area contributed by atoms with E-state index < -0.39 is 6.10 Å². The molecule has 0 spiro atoms. The van der Waals surface area contributed by atoms with E-state index in [-0.39, 0.29) is 5.91 Å². The highest BCUT2D eigenvalue weighted by Gasteiger charge is 2.32. The molecule has 0 aromatic heterocycles. The molecule has 2 aromatic carbocycles. The Labute approximate surface area is 158 Å².